The normalized spacial score (nSPS) is 11.4. The Labute approximate surface area is 144 Å². The number of hydrogen-bond donors (Lipinski definition) is 1. The van der Waals surface area contributed by atoms with E-state index in [9.17, 15) is 3.89 Å². The minimum atomic E-state index is 0.285. The first-order chi connectivity index (χ1) is 11.9. The Kier molecular flexibility index (Phi) is 6.34. The molecule has 1 N–H and O–H groups in total. The van der Waals surface area contributed by atoms with Crippen molar-refractivity contribution in [2.24, 2.45) is 0 Å². The lowest BCUT2D eigenvalue weighted by atomic mass is 10.1. The van der Waals surface area contributed by atoms with Crippen LogP contribution in [0.3, 0.4) is 0 Å². The predicted molar refractivity (Wildman–Crippen MR) is 96.5 cm³/mol. The molecular formula is C18H20FNO3S. The van der Waals surface area contributed by atoms with E-state index in [1.54, 1.807) is 0 Å². The van der Waals surface area contributed by atoms with Crippen molar-refractivity contribution >= 4 is 34.0 Å². The van der Waals surface area contributed by atoms with Gasteiger partial charge >= 0.3 is 0 Å². The monoisotopic (exact) mass is 349 g/mol. The summed E-state index contributed by atoms with van der Waals surface area (Å²) in [7, 11) is 0. The summed E-state index contributed by atoms with van der Waals surface area (Å²) >= 11 is 0.285. The van der Waals surface area contributed by atoms with Crippen LogP contribution < -0.4 is 4.74 Å². The first-order valence-electron chi connectivity index (χ1n) is 7.91. The number of H-pyrrole nitrogens is 1. The number of fused-ring (bicyclic) bond motifs is 3. The highest BCUT2D eigenvalue weighted by molar-refractivity contribution is 7.94. The van der Waals surface area contributed by atoms with E-state index in [-0.39, 0.29) is 12.1 Å². The zero-order valence-electron chi connectivity index (χ0n) is 13.3. The number of aromatic nitrogens is 1. The molecule has 1 aromatic heterocycles. The maximum atomic E-state index is 11.8. The lowest BCUT2D eigenvalue weighted by Crippen LogP contribution is -2.11. The van der Waals surface area contributed by atoms with Crippen molar-refractivity contribution in [3.8, 4) is 5.75 Å². The molecular weight excluding hydrogens is 329 g/mol. The van der Waals surface area contributed by atoms with Gasteiger partial charge in [0.25, 0.3) is 0 Å². The third-order valence-electron chi connectivity index (χ3n) is 3.65. The number of rotatable bonds is 10. The van der Waals surface area contributed by atoms with Gasteiger partial charge in [-0.1, -0.05) is 18.2 Å². The van der Waals surface area contributed by atoms with Gasteiger partial charge in [0.2, 0.25) is 0 Å². The third-order valence-corrected chi connectivity index (χ3v) is 3.97. The van der Waals surface area contributed by atoms with Crippen LogP contribution in [0.4, 0.5) is 3.89 Å². The van der Waals surface area contributed by atoms with E-state index in [0.717, 1.165) is 16.8 Å². The van der Waals surface area contributed by atoms with Gasteiger partial charge in [0, 0.05) is 40.3 Å². The molecule has 6 heteroatoms. The van der Waals surface area contributed by atoms with Crippen molar-refractivity contribution in [3.63, 3.8) is 0 Å². The van der Waals surface area contributed by atoms with E-state index in [2.05, 4.69) is 23.2 Å². The van der Waals surface area contributed by atoms with Crippen molar-refractivity contribution < 1.29 is 18.1 Å². The molecule has 0 aliphatic heterocycles. The molecule has 0 spiro atoms. The van der Waals surface area contributed by atoms with Gasteiger partial charge in [0.15, 0.2) is 0 Å². The van der Waals surface area contributed by atoms with Crippen molar-refractivity contribution in [3.05, 3.63) is 42.5 Å². The van der Waals surface area contributed by atoms with Gasteiger partial charge in [-0.05, 0) is 18.2 Å². The highest BCUT2D eigenvalue weighted by Gasteiger charge is 2.04. The maximum Gasteiger partial charge on any atom is 0.121 e. The fourth-order valence-electron chi connectivity index (χ4n) is 2.55. The van der Waals surface area contributed by atoms with Gasteiger partial charge in [-0.3, -0.25) is 0 Å². The lowest BCUT2D eigenvalue weighted by Gasteiger charge is -2.07. The highest BCUT2D eigenvalue weighted by Crippen LogP contribution is 2.28. The Balaban J connectivity index is 1.44. The Morgan fingerprint density at radius 2 is 1.58 bits per heavy atom. The lowest BCUT2D eigenvalue weighted by molar-refractivity contribution is 0.0412. The summed E-state index contributed by atoms with van der Waals surface area (Å²) in [4.78, 5) is 3.40. The summed E-state index contributed by atoms with van der Waals surface area (Å²) in [6.45, 7) is 2.34. The van der Waals surface area contributed by atoms with Crippen LogP contribution in [0, 0.1) is 0 Å². The standard InChI is InChI=1S/C18H20FNO3S/c19-24-12-11-22-8-7-21-9-10-23-14-5-6-16-15-3-1-2-4-17(15)20-18(16)13-14/h1-6,13,20H,7-12H2. The summed E-state index contributed by atoms with van der Waals surface area (Å²) in [6.07, 6.45) is 0. The number of halogens is 1. The molecule has 0 radical (unpaired) electrons. The zero-order chi connectivity index (χ0) is 16.6. The highest BCUT2D eigenvalue weighted by atomic mass is 32.2. The zero-order valence-corrected chi connectivity index (χ0v) is 14.1. The molecule has 0 saturated heterocycles. The van der Waals surface area contributed by atoms with Crippen LogP contribution in [0.15, 0.2) is 42.5 Å². The van der Waals surface area contributed by atoms with Gasteiger partial charge in [-0.25, -0.2) is 0 Å². The molecule has 3 aromatic rings. The van der Waals surface area contributed by atoms with Crippen LogP contribution in [0.5, 0.6) is 5.75 Å². The first kappa shape index (κ1) is 17.1. The van der Waals surface area contributed by atoms with Gasteiger partial charge in [-0.15, -0.1) is 0 Å². The average Bonchev–Trinajstić information content (AvgIpc) is 2.98. The topological polar surface area (TPSA) is 43.5 Å². The van der Waals surface area contributed by atoms with E-state index in [1.807, 2.05) is 24.3 Å². The quantitative estimate of drug-likeness (QED) is 0.553. The van der Waals surface area contributed by atoms with Gasteiger partial charge < -0.3 is 19.2 Å². The Morgan fingerprint density at radius 1 is 0.833 bits per heavy atom. The summed E-state index contributed by atoms with van der Waals surface area (Å²) in [5.41, 5.74) is 2.19. The number of aromatic amines is 1. The molecule has 0 aliphatic rings. The second kappa shape index (κ2) is 8.92. The van der Waals surface area contributed by atoms with Crippen LogP contribution in [0.25, 0.3) is 21.8 Å². The molecule has 0 amide bonds. The number of nitrogens with one attached hydrogen (secondary N) is 1. The summed E-state index contributed by atoms with van der Waals surface area (Å²) < 4.78 is 28.1. The SMILES string of the molecule is FSCCOCCOCCOc1ccc2c(c1)[nH]c1ccccc12. The number of ether oxygens (including phenoxy) is 3. The van der Waals surface area contributed by atoms with Gasteiger partial charge in [-0.2, -0.15) is 3.89 Å². The van der Waals surface area contributed by atoms with Gasteiger partial charge in [0.05, 0.1) is 31.9 Å². The predicted octanol–water partition coefficient (Wildman–Crippen LogP) is 4.35. The largest absolute Gasteiger partial charge is 0.491 e. The van der Waals surface area contributed by atoms with Crippen molar-refractivity contribution in [1.29, 1.82) is 0 Å². The molecule has 2 aromatic carbocycles. The summed E-state index contributed by atoms with van der Waals surface area (Å²) in [5.74, 6) is 1.17. The third kappa shape index (κ3) is 4.41. The van der Waals surface area contributed by atoms with Crippen molar-refractivity contribution in [1.82, 2.24) is 4.98 Å². The fourth-order valence-corrected chi connectivity index (χ4v) is 2.74. The Hall–Kier alpha value is -1.76. The molecule has 0 unspecified atom stereocenters. The second-order valence-electron chi connectivity index (χ2n) is 5.26. The van der Waals surface area contributed by atoms with Crippen LogP contribution in [0.2, 0.25) is 0 Å². The summed E-state index contributed by atoms with van der Waals surface area (Å²) in [5, 5.41) is 2.41. The molecule has 0 atom stereocenters. The van der Waals surface area contributed by atoms with Gasteiger partial charge in [0.1, 0.15) is 12.4 Å². The molecule has 0 aliphatic carbocycles. The van der Waals surface area contributed by atoms with E-state index in [0.29, 0.717) is 38.8 Å². The van der Waals surface area contributed by atoms with Crippen LogP contribution in [-0.2, 0) is 9.47 Å². The molecule has 4 nitrogen and oxygen atoms in total. The minimum Gasteiger partial charge on any atom is -0.491 e. The van der Waals surface area contributed by atoms with E-state index >= 15 is 0 Å². The molecule has 128 valence electrons. The van der Waals surface area contributed by atoms with E-state index in [4.69, 9.17) is 14.2 Å². The summed E-state index contributed by atoms with van der Waals surface area (Å²) in [6, 6.07) is 14.3. The smallest absolute Gasteiger partial charge is 0.121 e. The molecule has 3 rings (SSSR count). The number of benzene rings is 2. The second-order valence-corrected chi connectivity index (χ2v) is 5.89. The first-order valence-corrected chi connectivity index (χ1v) is 8.79. The van der Waals surface area contributed by atoms with Crippen LogP contribution >= 0.6 is 12.1 Å². The average molecular weight is 349 g/mol. The molecule has 0 bridgehead atoms. The Bertz CT molecular complexity index is 777. The maximum absolute atomic E-state index is 11.8. The van der Waals surface area contributed by atoms with Crippen LogP contribution in [-0.4, -0.2) is 43.8 Å². The Morgan fingerprint density at radius 3 is 2.46 bits per heavy atom. The molecule has 24 heavy (non-hydrogen) atoms. The molecule has 1 heterocycles. The number of hydrogen-bond acceptors (Lipinski definition) is 4. The minimum absolute atomic E-state index is 0.285. The van der Waals surface area contributed by atoms with E-state index < -0.39 is 0 Å². The number of para-hydroxylation sites is 1. The van der Waals surface area contributed by atoms with Crippen LogP contribution in [0.1, 0.15) is 0 Å². The van der Waals surface area contributed by atoms with Crippen molar-refractivity contribution in [2.75, 3.05) is 38.8 Å². The van der Waals surface area contributed by atoms with E-state index in [1.165, 1.54) is 10.8 Å². The fraction of sp³-hybridized carbons (Fsp3) is 0.333. The molecule has 0 fully saturated rings. The van der Waals surface area contributed by atoms with Crippen molar-refractivity contribution in [2.45, 2.75) is 0 Å². The molecule has 0 saturated carbocycles.